The van der Waals surface area contributed by atoms with E-state index in [9.17, 15) is 9.59 Å². The van der Waals surface area contributed by atoms with Gasteiger partial charge in [-0.3, -0.25) is 14.6 Å². The van der Waals surface area contributed by atoms with Crippen molar-refractivity contribution >= 4 is 35.1 Å². The van der Waals surface area contributed by atoms with Crippen LogP contribution in [-0.2, 0) is 9.59 Å². The molecule has 2 rings (SSSR count). The Kier molecular flexibility index (Phi) is 8.32. The third-order valence-corrected chi connectivity index (χ3v) is 5.59. The molecule has 1 aromatic rings. The molecule has 7 nitrogen and oxygen atoms in total. The van der Waals surface area contributed by atoms with Gasteiger partial charge in [-0.2, -0.15) is 0 Å². The molecule has 0 aliphatic heterocycles. The topological polar surface area (TPSA) is 85.8 Å². The van der Waals surface area contributed by atoms with Gasteiger partial charge in [0.1, 0.15) is 0 Å². The van der Waals surface area contributed by atoms with E-state index in [0.717, 1.165) is 31.2 Å². The number of aryl methyl sites for hydroxylation is 1. The van der Waals surface area contributed by atoms with Crippen LogP contribution in [0.25, 0.3) is 0 Å². The number of hydrogen-bond acceptors (Lipinski definition) is 3. The fraction of sp³-hybridized carbons (Fsp3) is 0.571. The quantitative estimate of drug-likeness (QED) is 0.466. The molecule has 1 saturated carbocycles. The number of benzene rings is 1. The minimum Gasteiger partial charge on any atom is -0.356 e. The zero-order valence-corrected chi connectivity index (χ0v) is 18.5. The van der Waals surface area contributed by atoms with Crippen LogP contribution in [0.2, 0.25) is 5.02 Å². The summed E-state index contributed by atoms with van der Waals surface area (Å²) in [6.07, 6.45) is 4.16. The molecule has 29 heavy (non-hydrogen) atoms. The van der Waals surface area contributed by atoms with Gasteiger partial charge in [0.2, 0.25) is 11.8 Å². The van der Waals surface area contributed by atoms with Crippen molar-refractivity contribution in [2.24, 2.45) is 10.4 Å². The molecule has 2 amide bonds. The zero-order valence-electron chi connectivity index (χ0n) is 17.8. The largest absolute Gasteiger partial charge is 0.356 e. The Balaban J connectivity index is 1.81. The first-order chi connectivity index (χ1) is 13.8. The minimum atomic E-state index is -0.374. The molecule has 0 saturated heterocycles. The summed E-state index contributed by atoms with van der Waals surface area (Å²) in [5.41, 5.74) is 1.27. The summed E-state index contributed by atoms with van der Waals surface area (Å²) in [4.78, 5) is 30.7. The highest BCUT2D eigenvalue weighted by Crippen LogP contribution is 2.38. The molecule has 0 spiro atoms. The van der Waals surface area contributed by atoms with Crippen molar-refractivity contribution in [2.45, 2.75) is 39.0 Å². The third kappa shape index (κ3) is 6.35. The van der Waals surface area contributed by atoms with Crippen molar-refractivity contribution in [3.63, 3.8) is 0 Å². The van der Waals surface area contributed by atoms with Crippen molar-refractivity contribution in [1.82, 2.24) is 15.5 Å². The molecule has 1 aliphatic carbocycles. The number of hydrogen-bond donors (Lipinski definition) is 3. The average molecular weight is 422 g/mol. The number of carbonyl (C=O) groups excluding carboxylic acids is 2. The third-order valence-electron chi connectivity index (χ3n) is 5.28. The molecule has 160 valence electrons. The summed E-state index contributed by atoms with van der Waals surface area (Å²) in [6, 6.07) is 5.51. The molecule has 1 fully saturated rings. The van der Waals surface area contributed by atoms with Crippen LogP contribution in [0.5, 0.6) is 0 Å². The number of anilines is 1. The monoisotopic (exact) mass is 421 g/mol. The van der Waals surface area contributed by atoms with Gasteiger partial charge in [0.05, 0.1) is 16.1 Å². The molecule has 0 bridgehead atoms. The van der Waals surface area contributed by atoms with E-state index in [1.165, 1.54) is 0 Å². The van der Waals surface area contributed by atoms with E-state index in [0.29, 0.717) is 29.8 Å². The van der Waals surface area contributed by atoms with Crippen molar-refractivity contribution in [2.75, 3.05) is 39.5 Å². The highest BCUT2D eigenvalue weighted by atomic mass is 35.5. The minimum absolute atomic E-state index is 0.131. The second-order valence-electron chi connectivity index (χ2n) is 7.82. The molecule has 0 atom stereocenters. The van der Waals surface area contributed by atoms with Crippen LogP contribution in [0.4, 0.5) is 5.69 Å². The molecule has 0 heterocycles. The van der Waals surface area contributed by atoms with Crippen molar-refractivity contribution < 1.29 is 9.59 Å². The van der Waals surface area contributed by atoms with Crippen LogP contribution in [0.1, 0.15) is 37.7 Å². The number of amides is 2. The molecule has 1 aliphatic rings. The van der Waals surface area contributed by atoms with Crippen molar-refractivity contribution in [1.29, 1.82) is 0 Å². The van der Waals surface area contributed by atoms with E-state index in [1.807, 2.05) is 19.1 Å². The summed E-state index contributed by atoms with van der Waals surface area (Å²) < 4.78 is 0. The van der Waals surface area contributed by atoms with Crippen LogP contribution in [0, 0.1) is 12.3 Å². The van der Waals surface area contributed by atoms with Crippen LogP contribution in [0.3, 0.4) is 0 Å². The lowest BCUT2D eigenvalue weighted by molar-refractivity contribution is -0.138. The number of aliphatic imine (C=N–C) groups is 1. The standard InChI is InChI=1S/C21H32ClN5O2/c1-15-7-8-17(16(22)13-15)26-18(28)9-12-24-20(23-2)25-14-21(10-5-6-11-21)19(29)27(3)4/h7-8,13H,5-6,9-12,14H2,1-4H3,(H,26,28)(H2,23,24,25). The molecule has 0 radical (unpaired) electrons. The van der Waals surface area contributed by atoms with Gasteiger partial charge in [0.15, 0.2) is 5.96 Å². The van der Waals surface area contributed by atoms with Gasteiger partial charge >= 0.3 is 0 Å². The summed E-state index contributed by atoms with van der Waals surface area (Å²) in [5, 5.41) is 9.75. The molecule has 0 aromatic heterocycles. The Morgan fingerprint density at radius 3 is 2.48 bits per heavy atom. The number of halogens is 1. The molecular formula is C21H32ClN5O2. The number of guanidine groups is 1. The van der Waals surface area contributed by atoms with Crippen LogP contribution < -0.4 is 16.0 Å². The summed E-state index contributed by atoms with van der Waals surface area (Å²) >= 11 is 6.15. The Hall–Kier alpha value is -2.28. The zero-order chi connectivity index (χ0) is 21.4. The second kappa shape index (κ2) is 10.5. The van der Waals surface area contributed by atoms with E-state index in [-0.39, 0.29) is 23.7 Å². The molecule has 0 unspecified atom stereocenters. The summed E-state index contributed by atoms with van der Waals surface area (Å²) in [6.45, 7) is 2.90. The normalized spacial score (nSPS) is 15.7. The maximum Gasteiger partial charge on any atom is 0.230 e. The van der Waals surface area contributed by atoms with E-state index >= 15 is 0 Å². The summed E-state index contributed by atoms with van der Waals surface area (Å²) in [5.74, 6) is 0.616. The number of nitrogens with zero attached hydrogens (tertiary/aromatic N) is 2. The highest BCUT2D eigenvalue weighted by Gasteiger charge is 2.42. The van der Waals surface area contributed by atoms with Gasteiger partial charge in [0, 0.05) is 40.7 Å². The molecule has 3 N–H and O–H groups in total. The van der Waals surface area contributed by atoms with E-state index in [1.54, 1.807) is 32.1 Å². The van der Waals surface area contributed by atoms with Gasteiger partial charge in [0.25, 0.3) is 0 Å². The maximum absolute atomic E-state index is 12.7. The van der Waals surface area contributed by atoms with Gasteiger partial charge < -0.3 is 20.9 Å². The van der Waals surface area contributed by atoms with Crippen LogP contribution >= 0.6 is 11.6 Å². The number of nitrogens with one attached hydrogen (secondary N) is 3. The van der Waals surface area contributed by atoms with Crippen molar-refractivity contribution in [3.8, 4) is 0 Å². The van der Waals surface area contributed by atoms with Crippen LogP contribution in [0.15, 0.2) is 23.2 Å². The van der Waals surface area contributed by atoms with Crippen LogP contribution in [-0.4, -0.2) is 56.9 Å². The van der Waals surface area contributed by atoms with Gasteiger partial charge in [-0.1, -0.05) is 30.5 Å². The maximum atomic E-state index is 12.7. The fourth-order valence-electron chi connectivity index (χ4n) is 3.69. The Morgan fingerprint density at radius 1 is 1.21 bits per heavy atom. The SMILES string of the molecule is CN=C(NCCC(=O)Nc1ccc(C)cc1Cl)NCC1(C(=O)N(C)C)CCCC1. The summed E-state index contributed by atoms with van der Waals surface area (Å²) in [7, 11) is 5.28. The first-order valence-electron chi connectivity index (χ1n) is 10.00. The lowest BCUT2D eigenvalue weighted by Crippen LogP contribution is -2.49. The Labute approximate surface area is 178 Å². The lowest BCUT2D eigenvalue weighted by Gasteiger charge is -2.31. The lowest BCUT2D eigenvalue weighted by atomic mass is 9.84. The number of carbonyl (C=O) groups is 2. The predicted octanol–water partition coefficient (Wildman–Crippen LogP) is 2.79. The number of rotatable bonds is 7. The van der Waals surface area contributed by atoms with Gasteiger partial charge in [-0.15, -0.1) is 0 Å². The van der Waals surface area contributed by atoms with E-state index < -0.39 is 0 Å². The smallest absolute Gasteiger partial charge is 0.230 e. The Bertz CT molecular complexity index is 757. The van der Waals surface area contributed by atoms with Gasteiger partial charge in [-0.05, 0) is 37.5 Å². The highest BCUT2D eigenvalue weighted by molar-refractivity contribution is 6.33. The average Bonchev–Trinajstić information content (AvgIpc) is 3.16. The molecule has 8 heteroatoms. The van der Waals surface area contributed by atoms with E-state index in [4.69, 9.17) is 11.6 Å². The Morgan fingerprint density at radius 2 is 1.90 bits per heavy atom. The first-order valence-corrected chi connectivity index (χ1v) is 10.4. The molecular weight excluding hydrogens is 390 g/mol. The predicted molar refractivity (Wildman–Crippen MR) is 118 cm³/mol. The second-order valence-corrected chi connectivity index (χ2v) is 8.23. The van der Waals surface area contributed by atoms with Gasteiger partial charge in [-0.25, -0.2) is 0 Å². The molecule has 1 aromatic carbocycles. The first kappa shape index (κ1) is 23.0. The van der Waals surface area contributed by atoms with E-state index in [2.05, 4.69) is 20.9 Å². The van der Waals surface area contributed by atoms with Crippen molar-refractivity contribution in [3.05, 3.63) is 28.8 Å². The fourth-order valence-corrected chi connectivity index (χ4v) is 3.98.